The number of halogens is 4. The molecule has 0 aliphatic carbocycles. The number of ether oxygens (including phenoxy) is 3. The molecule has 6 nitrogen and oxygen atoms in total. The standard InChI is InChI=1S/C21H32F3N3O3.HI/c1-3-17(30-19-7-4-6-16(14-19)21(22,23)24)15-27-20(25-2)26-10-5-11-29-18-8-12-28-13-9-18;/h4,6-7,14,17-18H,3,5,8-13,15H2,1-2H3,(H2,25,26,27);1H. The van der Waals surface area contributed by atoms with Crippen LogP contribution in [0.4, 0.5) is 13.2 Å². The van der Waals surface area contributed by atoms with E-state index in [1.165, 1.54) is 12.1 Å². The monoisotopic (exact) mass is 559 g/mol. The van der Waals surface area contributed by atoms with Crippen LogP contribution in [-0.4, -0.2) is 58.1 Å². The Hall–Kier alpha value is -1.27. The third-order valence-electron chi connectivity index (χ3n) is 4.78. The van der Waals surface area contributed by atoms with Gasteiger partial charge in [0.2, 0.25) is 0 Å². The van der Waals surface area contributed by atoms with Crippen LogP contribution >= 0.6 is 24.0 Å². The van der Waals surface area contributed by atoms with Crippen molar-refractivity contribution in [3.63, 3.8) is 0 Å². The molecule has 2 N–H and O–H groups in total. The Balaban J connectivity index is 0.00000480. The summed E-state index contributed by atoms with van der Waals surface area (Å²) < 4.78 is 55.5. The number of nitrogens with one attached hydrogen (secondary N) is 2. The highest BCUT2D eigenvalue weighted by Crippen LogP contribution is 2.31. The Morgan fingerprint density at radius 3 is 2.65 bits per heavy atom. The van der Waals surface area contributed by atoms with E-state index in [0.29, 0.717) is 32.1 Å². The predicted molar refractivity (Wildman–Crippen MR) is 125 cm³/mol. The van der Waals surface area contributed by atoms with E-state index in [1.54, 1.807) is 7.05 Å². The van der Waals surface area contributed by atoms with Crippen molar-refractivity contribution in [2.45, 2.75) is 51.0 Å². The van der Waals surface area contributed by atoms with Crippen molar-refractivity contribution >= 4 is 29.9 Å². The summed E-state index contributed by atoms with van der Waals surface area (Å²) in [5.41, 5.74) is -0.719. The molecule has 31 heavy (non-hydrogen) atoms. The smallest absolute Gasteiger partial charge is 0.416 e. The van der Waals surface area contributed by atoms with Crippen LogP contribution in [0.15, 0.2) is 29.3 Å². The Kier molecular flexibility index (Phi) is 13.2. The van der Waals surface area contributed by atoms with Gasteiger partial charge < -0.3 is 24.8 Å². The molecule has 1 unspecified atom stereocenters. The largest absolute Gasteiger partial charge is 0.489 e. The van der Waals surface area contributed by atoms with Crippen LogP contribution in [0, 0.1) is 0 Å². The molecule has 10 heteroatoms. The third-order valence-corrected chi connectivity index (χ3v) is 4.78. The lowest BCUT2D eigenvalue weighted by Gasteiger charge is -2.22. The van der Waals surface area contributed by atoms with Gasteiger partial charge in [-0.3, -0.25) is 4.99 Å². The van der Waals surface area contributed by atoms with Gasteiger partial charge in [-0.15, -0.1) is 24.0 Å². The summed E-state index contributed by atoms with van der Waals surface area (Å²) in [6.07, 6.45) is -1.02. The van der Waals surface area contributed by atoms with E-state index in [0.717, 1.165) is 44.6 Å². The maximum Gasteiger partial charge on any atom is 0.416 e. The van der Waals surface area contributed by atoms with Crippen molar-refractivity contribution in [3.8, 4) is 5.75 Å². The first-order valence-electron chi connectivity index (χ1n) is 10.4. The van der Waals surface area contributed by atoms with Gasteiger partial charge in [0.15, 0.2) is 5.96 Å². The summed E-state index contributed by atoms with van der Waals surface area (Å²) in [4.78, 5) is 4.17. The highest BCUT2D eigenvalue weighted by molar-refractivity contribution is 14.0. The molecule has 178 valence electrons. The summed E-state index contributed by atoms with van der Waals surface area (Å²) in [5.74, 6) is 0.818. The highest BCUT2D eigenvalue weighted by atomic mass is 127. The van der Waals surface area contributed by atoms with Crippen molar-refractivity contribution in [2.75, 3.05) is 40.0 Å². The van der Waals surface area contributed by atoms with Gasteiger partial charge in [0.05, 0.1) is 18.2 Å². The Bertz CT molecular complexity index is 656. The molecular formula is C21H33F3IN3O3. The van der Waals surface area contributed by atoms with Crippen LogP contribution in [0.3, 0.4) is 0 Å². The Morgan fingerprint density at radius 2 is 2.00 bits per heavy atom. The van der Waals surface area contributed by atoms with Crippen molar-refractivity contribution in [1.29, 1.82) is 0 Å². The summed E-state index contributed by atoms with van der Waals surface area (Å²) in [7, 11) is 1.67. The molecule has 0 bridgehead atoms. The molecular weight excluding hydrogens is 526 g/mol. The molecule has 1 heterocycles. The fourth-order valence-electron chi connectivity index (χ4n) is 3.01. The minimum absolute atomic E-state index is 0. The quantitative estimate of drug-likeness (QED) is 0.195. The second kappa shape index (κ2) is 14.7. The second-order valence-corrected chi connectivity index (χ2v) is 7.09. The molecule has 0 spiro atoms. The van der Waals surface area contributed by atoms with E-state index >= 15 is 0 Å². The molecule has 0 radical (unpaired) electrons. The van der Waals surface area contributed by atoms with Gasteiger partial charge in [0, 0.05) is 33.4 Å². The Morgan fingerprint density at radius 1 is 1.26 bits per heavy atom. The third kappa shape index (κ3) is 10.7. The van der Waals surface area contributed by atoms with Crippen molar-refractivity contribution < 1.29 is 27.4 Å². The molecule has 1 saturated heterocycles. The van der Waals surface area contributed by atoms with Crippen LogP contribution in [0.2, 0.25) is 0 Å². The zero-order chi connectivity index (χ0) is 21.8. The fraction of sp³-hybridized carbons (Fsp3) is 0.667. The minimum atomic E-state index is -4.39. The van der Waals surface area contributed by atoms with Gasteiger partial charge in [0.1, 0.15) is 11.9 Å². The van der Waals surface area contributed by atoms with E-state index in [2.05, 4.69) is 15.6 Å². The summed E-state index contributed by atoms with van der Waals surface area (Å²) >= 11 is 0. The fourth-order valence-corrected chi connectivity index (χ4v) is 3.01. The average Bonchev–Trinajstić information content (AvgIpc) is 2.75. The van der Waals surface area contributed by atoms with Gasteiger partial charge in [-0.1, -0.05) is 13.0 Å². The topological polar surface area (TPSA) is 64.1 Å². The maximum absolute atomic E-state index is 12.9. The molecule has 0 amide bonds. The summed E-state index contributed by atoms with van der Waals surface area (Å²) in [6, 6.07) is 4.93. The lowest BCUT2D eigenvalue weighted by Crippen LogP contribution is -2.43. The van der Waals surface area contributed by atoms with E-state index in [1.807, 2.05) is 6.92 Å². The SMILES string of the molecule is CCC(CNC(=NC)NCCCOC1CCOCC1)Oc1cccc(C(F)(F)F)c1.I. The van der Waals surface area contributed by atoms with Gasteiger partial charge in [0.25, 0.3) is 0 Å². The van der Waals surface area contributed by atoms with Crippen LogP contribution in [0.5, 0.6) is 5.75 Å². The number of hydrogen-bond acceptors (Lipinski definition) is 4. The van der Waals surface area contributed by atoms with Crippen LogP contribution in [0.25, 0.3) is 0 Å². The molecule has 0 saturated carbocycles. The van der Waals surface area contributed by atoms with Crippen molar-refractivity contribution in [2.24, 2.45) is 4.99 Å². The molecule has 1 aromatic rings. The molecule has 1 aliphatic heterocycles. The number of benzene rings is 1. The molecule has 0 aromatic heterocycles. The summed E-state index contributed by atoms with van der Waals surface area (Å²) in [5, 5.41) is 6.37. The lowest BCUT2D eigenvalue weighted by atomic mass is 10.1. The Labute approximate surface area is 199 Å². The first-order valence-corrected chi connectivity index (χ1v) is 10.4. The van der Waals surface area contributed by atoms with E-state index in [-0.39, 0.29) is 41.9 Å². The number of aliphatic imine (C=N–C) groups is 1. The zero-order valence-electron chi connectivity index (χ0n) is 18.0. The van der Waals surface area contributed by atoms with Crippen molar-refractivity contribution in [1.82, 2.24) is 10.6 Å². The maximum atomic E-state index is 12.9. The molecule has 1 fully saturated rings. The van der Waals surface area contributed by atoms with Crippen LogP contribution in [-0.2, 0) is 15.7 Å². The van der Waals surface area contributed by atoms with E-state index in [4.69, 9.17) is 14.2 Å². The normalized spacial score (nSPS) is 16.4. The summed E-state index contributed by atoms with van der Waals surface area (Å²) in [6.45, 7) is 5.25. The first kappa shape index (κ1) is 27.8. The first-order chi connectivity index (χ1) is 14.4. The minimum Gasteiger partial charge on any atom is -0.489 e. The lowest BCUT2D eigenvalue weighted by molar-refractivity contribution is -0.137. The number of guanidine groups is 1. The van der Waals surface area contributed by atoms with Gasteiger partial charge in [-0.2, -0.15) is 13.2 Å². The van der Waals surface area contributed by atoms with E-state index in [9.17, 15) is 13.2 Å². The number of nitrogens with zero attached hydrogens (tertiary/aromatic N) is 1. The van der Waals surface area contributed by atoms with Gasteiger partial charge in [-0.05, 0) is 43.9 Å². The van der Waals surface area contributed by atoms with Crippen molar-refractivity contribution in [3.05, 3.63) is 29.8 Å². The van der Waals surface area contributed by atoms with Crippen LogP contribution in [0.1, 0.15) is 38.2 Å². The molecule has 2 rings (SSSR count). The van der Waals surface area contributed by atoms with Gasteiger partial charge >= 0.3 is 6.18 Å². The van der Waals surface area contributed by atoms with Crippen LogP contribution < -0.4 is 15.4 Å². The highest BCUT2D eigenvalue weighted by Gasteiger charge is 2.30. The van der Waals surface area contributed by atoms with Gasteiger partial charge in [-0.25, -0.2) is 0 Å². The number of alkyl halides is 3. The predicted octanol–water partition coefficient (Wildman–Crippen LogP) is 4.23. The zero-order valence-corrected chi connectivity index (χ0v) is 20.4. The number of rotatable bonds is 10. The molecule has 1 aromatic carbocycles. The molecule has 1 atom stereocenters. The second-order valence-electron chi connectivity index (χ2n) is 7.09. The van der Waals surface area contributed by atoms with E-state index < -0.39 is 11.7 Å². The average molecular weight is 559 g/mol. The number of hydrogen-bond donors (Lipinski definition) is 2. The molecule has 1 aliphatic rings.